The van der Waals surface area contributed by atoms with Gasteiger partial charge in [-0.15, -0.1) is 0 Å². The number of halogens is 1. The van der Waals surface area contributed by atoms with Gasteiger partial charge in [-0.2, -0.15) is 0 Å². The molecule has 1 aromatic rings. The Kier molecular flexibility index (Phi) is 5.46. The van der Waals surface area contributed by atoms with Crippen LogP contribution in [0.5, 0.6) is 5.75 Å². The molecule has 0 radical (unpaired) electrons. The second-order valence-corrected chi connectivity index (χ2v) is 14.9. The third-order valence-electron chi connectivity index (χ3n) is 3.08. The fourth-order valence-electron chi connectivity index (χ4n) is 1.72. The molecule has 0 saturated carbocycles. The molecule has 0 aromatic heterocycles. The summed E-state index contributed by atoms with van der Waals surface area (Å²) in [6.07, 6.45) is 0. The van der Waals surface area contributed by atoms with Gasteiger partial charge in [0.25, 0.3) is 0 Å². The molecule has 3 heteroatoms. The van der Waals surface area contributed by atoms with Crippen LogP contribution in [-0.2, 0) is 0 Å². The Balaban J connectivity index is 2.78. The molecule has 0 heterocycles. The summed E-state index contributed by atoms with van der Waals surface area (Å²) in [4.78, 5) is 0. The standard InChI is InChI=1S/C12H19GeIO/c1-4-13(5-2,6-3)15-12-9-7-11(14)8-10-12/h7-10H,4-6H2,1-3H3. The number of benzene rings is 1. The predicted octanol–water partition coefficient (Wildman–Crippen LogP) is 4.68. The number of hydrogen-bond donors (Lipinski definition) is 0. The summed E-state index contributed by atoms with van der Waals surface area (Å²) in [5.74, 6) is 1.07. The molecule has 0 aliphatic carbocycles. The summed E-state index contributed by atoms with van der Waals surface area (Å²) in [6.45, 7) is 6.83. The van der Waals surface area contributed by atoms with E-state index in [2.05, 4.69) is 67.6 Å². The van der Waals surface area contributed by atoms with Gasteiger partial charge in [-0.25, -0.2) is 0 Å². The third kappa shape index (κ3) is 3.66. The third-order valence-corrected chi connectivity index (χ3v) is 13.3. The van der Waals surface area contributed by atoms with E-state index in [0.29, 0.717) is 0 Å². The monoisotopic (exact) mass is 380 g/mol. The van der Waals surface area contributed by atoms with Crippen molar-refractivity contribution in [2.45, 2.75) is 36.5 Å². The molecular weight excluding hydrogens is 360 g/mol. The van der Waals surface area contributed by atoms with E-state index in [1.807, 2.05) is 0 Å². The first-order valence-corrected chi connectivity index (χ1v) is 12.0. The van der Waals surface area contributed by atoms with Crippen molar-refractivity contribution in [3.63, 3.8) is 0 Å². The van der Waals surface area contributed by atoms with Gasteiger partial charge < -0.3 is 0 Å². The first-order valence-electron chi connectivity index (χ1n) is 5.60. The molecule has 0 aliphatic rings. The van der Waals surface area contributed by atoms with Crippen molar-refractivity contribution >= 4 is 36.2 Å². The molecule has 0 atom stereocenters. The van der Waals surface area contributed by atoms with Crippen molar-refractivity contribution in [1.82, 2.24) is 0 Å². The Morgan fingerprint density at radius 1 is 1.00 bits per heavy atom. The van der Waals surface area contributed by atoms with Crippen LogP contribution in [0.1, 0.15) is 20.8 Å². The van der Waals surface area contributed by atoms with Gasteiger partial charge in [0.2, 0.25) is 0 Å². The zero-order valence-electron chi connectivity index (χ0n) is 9.72. The number of rotatable bonds is 5. The van der Waals surface area contributed by atoms with Crippen LogP contribution in [0, 0.1) is 3.57 Å². The van der Waals surface area contributed by atoms with Gasteiger partial charge in [0.05, 0.1) is 0 Å². The average molecular weight is 379 g/mol. The fraction of sp³-hybridized carbons (Fsp3) is 0.500. The first-order chi connectivity index (χ1) is 7.15. The van der Waals surface area contributed by atoms with Gasteiger partial charge >= 0.3 is 110 Å². The van der Waals surface area contributed by atoms with Gasteiger partial charge in [0.1, 0.15) is 0 Å². The Morgan fingerprint density at radius 2 is 1.47 bits per heavy atom. The van der Waals surface area contributed by atoms with Crippen LogP contribution in [-0.4, -0.2) is 13.6 Å². The predicted molar refractivity (Wildman–Crippen MR) is 77.0 cm³/mol. The topological polar surface area (TPSA) is 9.23 Å². The molecular formula is C12H19GeIO. The van der Waals surface area contributed by atoms with E-state index in [-0.39, 0.29) is 0 Å². The summed E-state index contributed by atoms with van der Waals surface area (Å²) in [5, 5.41) is 3.75. The molecule has 0 amide bonds. The van der Waals surface area contributed by atoms with E-state index in [1.165, 1.54) is 19.3 Å². The molecule has 84 valence electrons. The summed E-state index contributed by atoms with van der Waals surface area (Å²) >= 11 is 0.319. The van der Waals surface area contributed by atoms with E-state index in [0.717, 1.165) is 5.75 Å². The van der Waals surface area contributed by atoms with E-state index >= 15 is 0 Å². The maximum atomic E-state index is 6.29. The first kappa shape index (κ1) is 13.4. The van der Waals surface area contributed by atoms with Crippen LogP contribution in [0.15, 0.2) is 24.3 Å². The molecule has 0 aliphatic heterocycles. The second-order valence-electron chi connectivity index (χ2n) is 3.80. The summed E-state index contributed by atoms with van der Waals surface area (Å²) in [5.41, 5.74) is 0. The zero-order chi connectivity index (χ0) is 11.3. The normalized spacial score (nSPS) is 11.5. The summed E-state index contributed by atoms with van der Waals surface area (Å²) in [6, 6.07) is 8.43. The average Bonchev–Trinajstić information content (AvgIpc) is 2.29. The molecule has 0 saturated heterocycles. The number of hydrogen-bond acceptors (Lipinski definition) is 1. The van der Waals surface area contributed by atoms with Gasteiger partial charge in [-0.05, 0) is 0 Å². The minimum absolute atomic E-state index is 1.07. The zero-order valence-corrected chi connectivity index (χ0v) is 14.0. The quantitative estimate of drug-likeness (QED) is 0.534. The Hall–Kier alpha value is 0.293. The molecule has 15 heavy (non-hydrogen) atoms. The van der Waals surface area contributed by atoms with Crippen LogP contribution >= 0.6 is 22.6 Å². The van der Waals surface area contributed by atoms with Gasteiger partial charge in [-0.3, -0.25) is 0 Å². The van der Waals surface area contributed by atoms with Crippen molar-refractivity contribution in [3.8, 4) is 5.75 Å². The Labute approximate surface area is 109 Å². The van der Waals surface area contributed by atoms with Gasteiger partial charge in [0, 0.05) is 0 Å². The van der Waals surface area contributed by atoms with E-state index in [1.54, 1.807) is 0 Å². The van der Waals surface area contributed by atoms with Crippen LogP contribution in [0.4, 0.5) is 0 Å². The molecule has 0 bridgehead atoms. The van der Waals surface area contributed by atoms with Crippen molar-refractivity contribution in [2.75, 3.05) is 0 Å². The molecule has 1 nitrogen and oxygen atoms in total. The maximum absolute atomic E-state index is 6.29. The van der Waals surface area contributed by atoms with E-state index in [9.17, 15) is 0 Å². The van der Waals surface area contributed by atoms with Crippen LogP contribution < -0.4 is 3.76 Å². The Bertz CT molecular complexity index is 285. The minimum atomic E-state index is -2.00. The van der Waals surface area contributed by atoms with Crippen LogP contribution in [0.2, 0.25) is 15.8 Å². The Morgan fingerprint density at radius 3 is 1.87 bits per heavy atom. The van der Waals surface area contributed by atoms with Crippen molar-refractivity contribution < 1.29 is 3.76 Å². The summed E-state index contributed by atoms with van der Waals surface area (Å²) < 4.78 is 7.55. The van der Waals surface area contributed by atoms with Crippen molar-refractivity contribution in [1.29, 1.82) is 0 Å². The van der Waals surface area contributed by atoms with E-state index in [4.69, 9.17) is 3.76 Å². The molecule has 1 aromatic carbocycles. The SMILES string of the molecule is C[CH2][Ge]([CH2]C)([CH2]C)[O]c1ccc(I)cc1. The molecule has 0 unspecified atom stereocenters. The molecule has 0 fully saturated rings. The van der Waals surface area contributed by atoms with Crippen molar-refractivity contribution in [2.24, 2.45) is 0 Å². The molecule has 0 N–H and O–H groups in total. The van der Waals surface area contributed by atoms with Crippen LogP contribution in [0.3, 0.4) is 0 Å². The fourth-order valence-corrected chi connectivity index (χ4v) is 7.47. The molecule has 0 spiro atoms. The summed E-state index contributed by atoms with van der Waals surface area (Å²) in [7, 11) is 0. The second kappa shape index (κ2) is 6.13. The molecule has 1 rings (SSSR count). The van der Waals surface area contributed by atoms with E-state index < -0.39 is 13.6 Å². The van der Waals surface area contributed by atoms with Gasteiger partial charge in [-0.1, -0.05) is 0 Å². The van der Waals surface area contributed by atoms with Gasteiger partial charge in [0.15, 0.2) is 0 Å². The van der Waals surface area contributed by atoms with Crippen molar-refractivity contribution in [3.05, 3.63) is 27.8 Å². The van der Waals surface area contributed by atoms with Crippen LogP contribution in [0.25, 0.3) is 0 Å².